The molecule has 1 aliphatic carbocycles. The smallest absolute Gasteiger partial charge is 0.287 e. The molecule has 1 amide bonds. The van der Waals surface area contributed by atoms with Crippen molar-refractivity contribution in [1.29, 1.82) is 0 Å². The van der Waals surface area contributed by atoms with Crippen LogP contribution in [-0.4, -0.2) is 46.8 Å². The number of aromatic nitrogens is 2. The first-order valence-electron chi connectivity index (χ1n) is 9.55. The van der Waals surface area contributed by atoms with E-state index in [-0.39, 0.29) is 11.6 Å². The average Bonchev–Trinajstić information content (AvgIpc) is 3.25. The number of nitrogens with zero attached hydrogens (tertiary/aromatic N) is 3. The number of rotatable bonds is 5. The first-order valence-corrected chi connectivity index (χ1v) is 9.93. The molecule has 146 valence electrons. The summed E-state index contributed by atoms with van der Waals surface area (Å²) in [7, 11) is 0. The Morgan fingerprint density at radius 2 is 2.11 bits per heavy atom. The average molecular weight is 401 g/mol. The highest BCUT2D eigenvalue weighted by Gasteiger charge is 2.24. The van der Waals surface area contributed by atoms with E-state index in [9.17, 15) is 4.79 Å². The predicted octanol–water partition coefficient (Wildman–Crippen LogP) is 3.34. The highest BCUT2D eigenvalue weighted by molar-refractivity contribution is 6.31. The van der Waals surface area contributed by atoms with Gasteiger partial charge in [-0.25, -0.2) is 9.99 Å². The number of ether oxygens (including phenoxy) is 1. The second-order valence-corrected chi connectivity index (χ2v) is 7.81. The third-order valence-electron chi connectivity index (χ3n) is 5.23. The van der Waals surface area contributed by atoms with Crippen LogP contribution in [0.2, 0.25) is 5.02 Å². The van der Waals surface area contributed by atoms with Crippen molar-refractivity contribution < 1.29 is 13.9 Å². The van der Waals surface area contributed by atoms with Gasteiger partial charge in [-0.05, 0) is 37.0 Å². The second kappa shape index (κ2) is 7.24. The standard InChI is InChI=1S/C20H21ClN4O3/c21-14-3-4-18-15(9-14)16(11-24(18)10-13-1-2-13)20-22-17(12-28-20)19(26)23-25-5-7-27-8-6-25/h3-4,9,11-13H,1-2,5-8,10H2,(H,23,26). The molecule has 2 aromatic heterocycles. The fourth-order valence-corrected chi connectivity index (χ4v) is 3.72. The maximum atomic E-state index is 12.5. The lowest BCUT2D eigenvalue weighted by molar-refractivity contribution is 0.0124. The van der Waals surface area contributed by atoms with Crippen LogP contribution in [0.15, 0.2) is 35.1 Å². The van der Waals surface area contributed by atoms with Crippen LogP contribution in [0.1, 0.15) is 23.3 Å². The number of fused-ring (bicyclic) bond motifs is 1. The van der Waals surface area contributed by atoms with Gasteiger partial charge in [0.25, 0.3) is 5.91 Å². The number of hydrogen-bond donors (Lipinski definition) is 1. The summed E-state index contributed by atoms with van der Waals surface area (Å²) in [5, 5.41) is 3.48. The lowest BCUT2D eigenvalue weighted by Gasteiger charge is -2.26. The molecule has 0 radical (unpaired) electrons. The molecule has 8 heteroatoms. The van der Waals surface area contributed by atoms with Gasteiger partial charge in [0.1, 0.15) is 6.26 Å². The summed E-state index contributed by atoms with van der Waals surface area (Å²) in [6.07, 6.45) is 6.00. The molecule has 0 spiro atoms. The largest absolute Gasteiger partial charge is 0.444 e. The Labute approximate surface area is 167 Å². The number of nitrogens with one attached hydrogen (secondary N) is 1. The van der Waals surface area contributed by atoms with E-state index in [1.807, 2.05) is 23.2 Å². The van der Waals surface area contributed by atoms with Gasteiger partial charge in [0.15, 0.2) is 5.69 Å². The normalized spacial score (nSPS) is 17.9. The zero-order valence-corrected chi connectivity index (χ0v) is 16.1. The van der Waals surface area contributed by atoms with E-state index in [1.165, 1.54) is 19.1 Å². The molecule has 28 heavy (non-hydrogen) atoms. The highest BCUT2D eigenvalue weighted by Crippen LogP contribution is 2.36. The number of halogens is 1. The number of oxazole rings is 1. The molecular weight excluding hydrogens is 380 g/mol. The third kappa shape index (κ3) is 3.53. The first kappa shape index (κ1) is 17.7. The molecule has 0 atom stereocenters. The Kier molecular flexibility index (Phi) is 4.58. The summed E-state index contributed by atoms with van der Waals surface area (Å²) in [6.45, 7) is 3.49. The molecule has 2 fully saturated rings. The van der Waals surface area contributed by atoms with Crippen LogP contribution in [0.3, 0.4) is 0 Å². The number of hydrazine groups is 1. The van der Waals surface area contributed by atoms with E-state index in [0.717, 1.165) is 28.9 Å². The number of carbonyl (C=O) groups is 1. The molecule has 3 aromatic rings. The second-order valence-electron chi connectivity index (χ2n) is 7.38. The van der Waals surface area contributed by atoms with Crippen molar-refractivity contribution in [2.24, 2.45) is 5.92 Å². The molecule has 3 heterocycles. The molecule has 1 saturated heterocycles. The predicted molar refractivity (Wildman–Crippen MR) is 105 cm³/mol. The summed E-state index contributed by atoms with van der Waals surface area (Å²) in [5.41, 5.74) is 5.06. The summed E-state index contributed by atoms with van der Waals surface area (Å²) >= 11 is 6.23. The van der Waals surface area contributed by atoms with E-state index in [2.05, 4.69) is 21.2 Å². The summed E-state index contributed by atoms with van der Waals surface area (Å²) < 4.78 is 13.2. The zero-order valence-electron chi connectivity index (χ0n) is 15.4. The molecule has 0 bridgehead atoms. The number of benzene rings is 1. The van der Waals surface area contributed by atoms with E-state index in [0.29, 0.717) is 37.2 Å². The Bertz CT molecular complexity index is 1020. The quantitative estimate of drug-likeness (QED) is 0.711. The topological polar surface area (TPSA) is 72.5 Å². The van der Waals surface area contributed by atoms with Crippen molar-refractivity contribution in [3.63, 3.8) is 0 Å². The van der Waals surface area contributed by atoms with Crippen LogP contribution >= 0.6 is 11.6 Å². The van der Waals surface area contributed by atoms with Gasteiger partial charge >= 0.3 is 0 Å². The first-order chi connectivity index (χ1) is 13.7. The number of hydrogen-bond acceptors (Lipinski definition) is 5. The Hall–Kier alpha value is -2.35. The van der Waals surface area contributed by atoms with Gasteiger partial charge in [0.05, 0.1) is 18.8 Å². The maximum Gasteiger partial charge on any atom is 0.287 e. The van der Waals surface area contributed by atoms with Crippen LogP contribution in [-0.2, 0) is 11.3 Å². The molecular formula is C20H21ClN4O3. The van der Waals surface area contributed by atoms with Gasteiger partial charge in [0, 0.05) is 41.8 Å². The van der Waals surface area contributed by atoms with Crippen LogP contribution in [0.25, 0.3) is 22.4 Å². The summed E-state index contributed by atoms with van der Waals surface area (Å²) in [6, 6.07) is 5.85. The van der Waals surface area contributed by atoms with Crippen molar-refractivity contribution in [1.82, 2.24) is 20.0 Å². The summed E-state index contributed by atoms with van der Waals surface area (Å²) in [5.74, 6) is 0.879. The van der Waals surface area contributed by atoms with Crippen molar-refractivity contribution in [2.45, 2.75) is 19.4 Å². The van der Waals surface area contributed by atoms with Crippen molar-refractivity contribution >= 4 is 28.4 Å². The fraction of sp³-hybridized carbons (Fsp3) is 0.400. The van der Waals surface area contributed by atoms with Crippen molar-refractivity contribution in [3.8, 4) is 11.5 Å². The maximum absolute atomic E-state index is 12.5. The van der Waals surface area contributed by atoms with Crippen molar-refractivity contribution in [3.05, 3.63) is 41.4 Å². The Morgan fingerprint density at radius 1 is 1.29 bits per heavy atom. The van der Waals surface area contributed by atoms with Gasteiger partial charge in [-0.1, -0.05) is 11.6 Å². The van der Waals surface area contributed by atoms with Gasteiger partial charge in [-0.15, -0.1) is 0 Å². The van der Waals surface area contributed by atoms with E-state index >= 15 is 0 Å². The van der Waals surface area contributed by atoms with Crippen LogP contribution in [0.5, 0.6) is 0 Å². The van der Waals surface area contributed by atoms with Crippen molar-refractivity contribution in [2.75, 3.05) is 26.3 Å². The molecule has 1 aromatic carbocycles. The van der Waals surface area contributed by atoms with Crippen LogP contribution in [0, 0.1) is 5.92 Å². The zero-order chi connectivity index (χ0) is 19.1. The minimum absolute atomic E-state index is 0.256. The number of morpholine rings is 1. The van der Waals surface area contributed by atoms with Gasteiger partial charge in [-0.2, -0.15) is 0 Å². The minimum Gasteiger partial charge on any atom is -0.444 e. The molecule has 5 rings (SSSR count). The SMILES string of the molecule is O=C(NN1CCOCC1)c1coc(-c2cn(CC3CC3)c3ccc(Cl)cc23)n1. The Morgan fingerprint density at radius 3 is 2.89 bits per heavy atom. The van der Waals surface area contributed by atoms with Gasteiger partial charge < -0.3 is 13.7 Å². The van der Waals surface area contributed by atoms with Crippen LogP contribution < -0.4 is 5.43 Å². The van der Waals surface area contributed by atoms with Gasteiger partial charge in [0.2, 0.25) is 5.89 Å². The van der Waals surface area contributed by atoms with E-state index < -0.39 is 0 Å². The number of carbonyl (C=O) groups excluding carboxylic acids is 1. The molecule has 2 aliphatic rings. The third-order valence-corrected chi connectivity index (χ3v) is 5.47. The van der Waals surface area contributed by atoms with E-state index in [1.54, 1.807) is 0 Å². The lowest BCUT2D eigenvalue weighted by Crippen LogP contribution is -2.48. The molecule has 7 nitrogen and oxygen atoms in total. The fourth-order valence-electron chi connectivity index (χ4n) is 3.55. The number of amides is 1. The Balaban J connectivity index is 1.43. The van der Waals surface area contributed by atoms with E-state index in [4.69, 9.17) is 20.8 Å². The summed E-state index contributed by atoms with van der Waals surface area (Å²) in [4.78, 5) is 16.9. The molecule has 1 aliphatic heterocycles. The molecule has 0 unspecified atom stereocenters. The molecule has 1 N–H and O–H groups in total. The molecule has 1 saturated carbocycles. The lowest BCUT2D eigenvalue weighted by atomic mass is 10.2. The monoisotopic (exact) mass is 400 g/mol. The van der Waals surface area contributed by atoms with Gasteiger partial charge in [-0.3, -0.25) is 10.2 Å². The minimum atomic E-state index is -0.281. The van der Waals surface area contributed by atoms with Crippen LogP contribution in [0.4, 0.5) is 0 Å². The highest BCUT2D eigenvalue weighted by atomic mass is 35.5.